The Labute approximate surface area is 186 Å². The molecule has 1 unspecified atom stereocenters. The third-order valence-corrected chi connectivity index (χ3v) is 6.42. The summed E-state index contributed by atoms with van der Waals surface area (Å²) in [6, 6.07) is 10.2. The molecule has 3 aromatic rings. The molecule has 0 amide bonds. The van der Waals surface area contributed by atoms with Gasteiger partial charge in [-0.15, -0.1) is 5.10 Å². The summed E-state index contributed by atoms with van der Waals surface area (Å²) in [5.74, 6) is 3.34. The van der Waals surface area contributed by atoms with Crippen molar-refractivity contribution in [3.8, 4) is 11.8 Å². The van der Waals surface area contributed by atoms with E-state index >= 15 is 0 Å². The lowest BCUT2D eigenvalue weighted by atomic mass is 9.92. The van der Waals surface area contributed by atoms with E-state index in [1.54, 1.807) is 17.1 Å². The Bertz CT molecular complexity index is 1060. The number of hydrogen-bond donors (Lipinski definition) is 1. The lowest BCUT2D eigenvalue weighted by Gasteiger charge is -2.38. The number of aryl methyl sites for hydroxylation is 2. The normalized spacial score (nSPS) is 22.5. The van der Waals surface area contributed by atoms with Crippen molar-refractivity contribution in [2.75, 3.05) is 23.3 Å². The van der Waals surface area contributed by atoms with Gasteiger partial charge in [-0.1, -0.05) is 17.7 Å². The first-order chi connectivity index (χ1) is 15.1. The van der Waals surface area contributed by atoms with E-state index < -0.39 is 0 Å². The van der Waals surface area contributed by atoms with Crippen molar-refractivity contribution >= 4 is 23.4 Å². The van der Waals surface area contributed by atoms with Crippen LogP contribution in [0.5, 0.6) is 11.8 Å². The van der Waals surface area contributed by atoms with Gasteiger partial charge in [-0.3, -0.25) is 0 Å². The van der Waals surface area contributed by atoms with Gasteiger partial charge < -0.3 is 15.0 Å². The Balaban J connectivity index is 1.30. The molecule has 3 heterocycles. The third kappa shape index (κ3) is 4.17. The predicted octanol–water partition coefficient (Wildman–Crippen LogP) is 4.17. The summed E-state index contributed by atoms with van der Waals surface area (Å²) in [4.78, 5) is 15.7. The summed E-state index contributed by atoms with van der Waals surface area (Å²) < 4.78 is 7.72. The van der Waals surface area contributed by atoms with E-state index in [9.17, 15) is 0 Å². The molecule has 9 heteroatoms. The molecule has 1 aliphatic carbocycles. The number of fused-ring (bicyclic) bond motifs is 2. The quantitative estimate of drug-likeness (QED) is 0.617. The van der Waals surface area contributed by atoms with Crippen molar-refractivity contribution in [2.24, 2.45) is 11.8 Å². The first-order valence-corrected chi connectivity index (χ1v) is 11.1. The van der Waals surface area contributed by atoms with E-state index in [4.69, 9.17) is 16.3 Å². The number of halogens is 1. The predicted molar refractivity (Wildman–Crippen MR) is 120 cm³/mol. The maximum absolute atomic E-state index is 6.08. The Morgan fingerprint density at radius 1 is 1.16 bits per heavy atom. The second kappa shape index (κ2) is 8.34. The van der Waals surface area contributed by atoms with Crippen molar-refractivity contribution in [1.29, 1.82) is 0 Å². The SMILES string of the molecule is CCn1nc(NC2[C@@H]3CC[C@H]2CN(c2cc(C)ncn2)C3)nc1Oc1cccc(Cl)c1. The highest BCUT2D eigenvalue weighted by molar-refractivity contribution is 6.30. The van der Waals surface area contributed by atoms with Crippen LogP contribution in [0.15, 0.2) is 36.7 Å². The Kier molecular flexibility index (Phi) is 5.40. The number of nitrogens with one attached hydrogen (secondary N) is 1. The maximum Gasteiger partial charge on any atom is 0.322 e. The highest BCUT2D eigenvalue weighted by atomic mass is 35.5. The van der Waals surface area contributed by atoms with E-state index in [2.05, 4.69) is 36.3 Å². The number of rotatable bonds is 6. The topological polar surface area (TPSA) is 81.0 Å². The van der Waals surface area contributed by atoms with Crippen molar-refractivity contribution < 1.29 is 4.74 Å². The fraction of sp³-hybridized carbons (Fsp3) is 0.455. The van der Waals surface area contributed by atoms with Gasteiger partial charge in [-0.2, -0.15) is 4.98 Å². The van der Waals surface area contributed by atoms with Crippen molar-refractivity contribution in [3.05, 3.63) is 47.4 Å². The average Bonchev–Trinajstić information content (AvgIpc) is 3.23. The van der Waals surface area contributed by atoms with E-state index in [1.165, 1.54) is 12.8 Å². The van der Waals surface area contributed by atoms with Crippen LogP contribution in [0.25, 0.3) is 0 Å². The monoisotopic (exact) mass is 439 g/mol. The molecule has 2 aliphatic rings. The van der Waals surface area contributed by atoms with Gasteiger partial charge in [0.15, 0.2) is 0 Å². The molecule has 1 N–H and O–H groups in total. The molecule has 162 valence electrons. The molecule has 1 saturated heterocycles. The van der Waals surface area contributed by atoms with Crippen LogP contribution < -0.4 is 15.0 Å². The number of piperidine rings is 1. The zero-order valence-corrected chi connectivity index (χ0v) is 18.5. The molecule has 1 saturated carbocycles. The molecule has 2 fully saturated rings. The summed E-state index contributed by atoms with van der Waals surface area (Å²) in [7, 11) is 0. The number of ether oxygens (including phenoxy) is 1. The summed E-state index contributed by atoms with van der Waals surface area (Å²) in [5, 5.41) is 8.86. The molecule has 1 aliphatic heterocycles. The van der Waals surface area contributed by atoms with Crippen molar-refractivity contribution in [3.63, 3.8) is 0 Å². The van der Waals surface area contributed by atoms with Crippen molar-refractivity contribution in [1.82, 2.24) is 24.7 Å². The second-order valence-corrected chi connectivity index (χ2v) is 8.72. The lowest BCUT2D eigenvalue weighted by Crippen LogP contribution is -2.48. The summed E-state index contributed by atoms with van der Waals surface area (Å²) in [6.07, 6.45) is 4.05. The Morgan fingerprint density at radius 3 is 2.68 bits per heavy atom. The number of nitrogens with zero attached hydrogens (tertiary/aromatic N) is 6. The van der Waals surface area contributed by atoms with Gasteiger partial charge in [0.05, 0.1) is 0 Å². The van der Waals surface area contributed by atoms with Gasteiger partial charge in [0, 0.05) is 42.5 Å². The molecule has 0 spiro atoms. The van der Waals surface area contributed by atoms with Crippen LogP contribution in [0.2, 0.25) is 5.02 Å². The van der Waals surface area contributed by atoms with Crippen molar-refractivity contribution in [2.45, 2.75) is 39.3 Å². The first kappa shape index (κ1) is 20.1. The highest BCUT2D eigenvalue weighted by Crippen LogP contribution is 2.39. The average molecular weight is 440 g/mol. The standard InChI is InChI=1S/C22H26ClN7O/c1-3-30-22(31-18-6-4-5-17(23)10-18)27-21(28-30)26-20-15-7-8-16(20)12-29(11-15)19-9-14(2)24-13-25-19/h4-6,9-10,13,15-16,20H,3,7-8,11-12H2,1-2H3,(H,26,28)/t15-,16+,20?. The molecule has 2 aromatic heterocycles. The van der Waals surface area contributed by atoms with Gasteiger partial charge in [0.25, 0.3) is 0 Å². The lowest BCUT2D eigenvalue weighted by molar-refractivity contribution is 0.374. The molecule has 2 bridgehead atoms. The van der Waals surface area contributed by atoms with E-state index in [0.717, 1.165) is 24.6 Å². The number of anilines is 2. The summed E-state index contributed by atoms with van der Waals surface area (Å²) in [6.45, 7) is 6.65. The van der Waals surface area contributed by atoms with E-state index in [-0.39, 0.29) is 0 Å². The minimum Gasteiger partial charge on any atom is -0.424 e. The zero-order chi connectivity index (χ0) is 21.4. The summed E-state index contributed by atoms with van der Waals surface area (Å²) in [5.41, 5.74) is 0.999. The Hall–Kier alpha value is -2.87. The number of benzene rings is 1. The van der Waals surface area contributed by atoms with Crippen LogP contribution in [-0.4, -0.2) is 43.9 Å². The van der Waals surface area contributed by atoms with Crippen LogP contribution in [0.3, 0.4) is 0 Å². The first-order valence-electron chi connectivity index (χ1n) is 10.8. The van der Waals surface area contributed by atoms with Gasteiger partial charge in [0.1, 0.15) is 17.9 Å². The molecule has 8 nitrogen and oxygen atoms in total. The molecule has 5 rings (SSSR count). The largest absolute Gasteiger partial charge is 0.424 e. The fourth-order valence-electron chi connectivity index (χ4n) is 4.71. The molecular weight excluding hydrogens is 414 g/mol. The fourth-order valence-corrected chi connectivity index (χ4v) is 4.89. The van der Waals surface area contributed by atoms with E-state index in [1.807, 2.05) is 32.0 Å². The third-order valence-electron chi connectivity index (χ3n) is 6.19. The van der Waals surface area contributed by atoms with Gasteiger partial charge >= 0.3 is 6.01 Å². The van der Waals surface area contributed by atoms with Gasteiger partial charge in [-0.05, 0) is 56.7 Å². The van der Waals surface area contributed by atoms with Gasteiger partial charge in [0.2, 0.25) is 5.95 Å². The molecule has 1 aromatic carbocycles. The van der Waals surface area contributed by atoms with Crippen LogP contribution in [-0.2, 0) is 6.54 Å². The maximum atomic E-state index is 6.08. The zero-order valence-electron chi connectivity index (χ0n) is 17.7. The number of hydrogen-bond acceptors (Lipinski definition) is 7. The molecular formula is C22H26ClN7O. The second-order valence-electron chi connectivity index (χ2n) is 8.28. The summed E-state index contributed by atoms with van der Waals surface area (Å²) >= 11 is 6.08. The van der Waals surface area contributed by atoms with Crippen LogP contribution in [0.1, 0.15) is 25.5 Å². The smallest absolute Gasteiger partial charge is 0.322 e. The minimum absolute atomic E-state index is 0.353. The van der Waals surface area contributed by atoms with E-state index in [0.29, 0.717) is 47.2 Å². The molecule has 0 radical (unpaired) electrons. The highest BCUT2D eigenvalue weighted by Gasteiger charge is 2.43. The van der Waals surface area contributed by atoms with Gasteiger partial charge in [-0.25, -0.2) is 14.6 Å². The molecule has 3 atom stereocenters. The molecule has 31 heavy (non-hydrogen) atoms. The Morgan fingerprint density at radius 2 is 1.97 bits per heavy atom. The van der Waals surface area contributed by atoms with Crippen LogP contribution in [0, 0.1) is 18.8 Å². The minimum atomic E-state index is 0.353. The van der Waals surface area contributed by atoms with Crippen LogP contribution in [0.4, 0.5) is 11.8 Å². The number of aromatic nitrogens is 5. The van der Waals surface area contributed by atoms with Crippen LogP contribution >= 0.6 is 11.6 Å².